The Morgan fingerprint density at radius 2 is 1.65 bits per heavy atom. The molecular weight excluding hydrogens is 340 g/mol. The number of anilines is 1. The van der Waals surface area contributed by atoms with Crippen LogP contribution in [0, 0.1) is 11.6 Å². The van der Waals surface area contributed by atoms with Crippen LogP contribution < -0.4 is 16.0 Å². The quantitative estimate of drug-likeness (QED) is 0.754. The maximum atomic E-state index is 13.9. The van der Waals surface area contributed by atoms with Gasteiger partial charge in [0.25, 0.3) is 5.91 Å². The second-order valence-corrected chi connectivity index (χ2v) is 6.16. The second-order valence-electron chi connectivity index (χ2n) is 6.16. The van der Waals surface area contributed by atoms with E-state index in [0.717, 1.165) is 12.1 Å². The van der Waals surface area contributed by atoms with E-state index >= 15 is 0 Å². The van der Waals surface area contributed by atoms with Gasteiger partial charge in [-0.1, -0.05) is 18.2 Å². The van der Waals surface area contributed by atoms with E-state index in [1.165, 1.54) is 6.07 Å². The van der Waals surface area contributed by atoms with Crippen LogP contribution in [0.4, 0.5) is 19.3 Å². The highest BCUT2D eigenvalue weighted by Gasteiger charge is 2.18. The standard InChI is InChI=1S/C19H21F2N3O2/c1-11(2)22-19(26)24-17-7-5-4-6-15(17)18(25)23-12(3)14-9-8-13(20)10-16(14)21/h4-12H,1-3H3,(H,23,25)(H2,22,24,26). The lowest BCUT2D eigenvalue weighted by Crippen LogP contribution is -2.35. The number of amides is 3. The van der Waals surface area contributed by atoms with Gasteiger partial charge in [-0.3, -0.25) is 4.79 Å². The summed E-state index contributed by atoms with van der Waals surface area (Å²) in [7, 11) is 0. The van der Waals surface area contributed by atoms with Crippen molar-refractivity contribution >= 4 is 17.6 Å². The zero-order valence-corrected chi connectivity index (χ0v) is 14.8. The average molecular weight is 361 g/mol. The lowest BCUT2D eigenvalue weighted by Gasteiger charge is -2.17. The fourth-order valence-electron chi connectivity index (χ4n) is 2.42. The number of urea groups is 1. The third-order valence-electron chi connectivity index (χ3n) is 3.62. The van der Waals surface area contributed by atoms with Gasteiger partial charge in [0.1, 0.15) is 11.6 Å². The van der Waals surface area contributed by atoms with Crippen molar-refractivity contribution in [3.63, 3.8) is 0 Å². The maximum Gasteiger partial charge on any atom is 0.319 e. The maximum absolute atomic E-state index is 13.9. The lowest BCUT2D eigenvalue weighted by molar-refractivity contribution is 0.0940. The summed E-state index contributed by atoms with van der Waals surface area (Å²) in [5, 5.41) is 7.94. The molecule has 0 heterocycles. The topological polar surface area (TPSA) is 70.2 Å². The Balaban J connectivity index is 2.15. The van der Waals surface area contributed by atoms with E-state index in [-0.39, 0.29) is 17.2 Å². The lowest BCUT2D eigenvalue weighted by atomic mass is 10.1. The van der Waals surface area contributed by atoms with E-state index in [2.05, 4.69) is 16.0 Å². The summed E-state index contributed by atoms with van der Waals surface area (Å²) in [5.74, 6) is -1.90. The fourth-order valence-corrected chi connectivity index (χ4v) is 2.42. The van der Waals surface area contributed by atoms with Crippen LogP contribution in [0.15, 0.2) is 42.5 Å². The predicted octanol–water partition coefficient (Wildman–Crippen LogP) is 3.99. The van der Waals surface area contributed by atoms with Gasteiger partial charge in [0.05, 0.1) is 17.3 Å². The Morgan fingerprint density at radius 1 is 0.962 bits per heavy atom. The first-order valence-electron chi connectivity index (χ1n) is 8.20. The number of rotatable bonds is 5. The number of halogens is 2. The molecule has 0 aliphatic heterocycles. The first-order valence-corrected chi connectivity index (χ1v) is 8.20. The molecule has 0 radical (unpaired) electrons. The second kappa shape index (κ2) is 8.42. The minimum atomic E-state index is -0.736. The third kappa shape index (κ3) is 5.02. The van der Waals surface area contributed by atoms with Crippen LogP contribution in [0.5, 0.6) is 0 Å². The molecule has 5 nitrogen and oxygen atoms in total. The van der Waals surface area contributed by atoms with Gasteiger partial charge < -0.3 is 16.0 Å². The van der Waals surface area contributed by atoms with E-state index < -0.39 is 29.6 Å². The molecule has 0 fully saturated rings. The van der Waals surface area contributed by atoms with E-state index in [1.54, 1.807) is 31.2 Å². The van der Waals surface area contributed by atoms with E-state index in [1.807, 2.05) is 13.8 Å². The molecule has 0 aliphatic rings. The summed E-state index contributed by atoms with van der Waals surface area (Å²) >= 11 is 0. The fraction of sp³-hybridized carbons (Fsp3) is 0.263. The molecule has 138 valence electrons. The number of hydrogen-bond donors (Lipinski definition) is 3. The zero-order valence-electron chi connectivity index (χ0n) is 14.8. The van der Waals surface area contributed by atoms with Gasteiger partial charge in [-0.15, -0.1) is 0 Å². The molecule has 3 amide bonds. The highest BCUT2D eigenvalue weighted by molar-refractivity contribution is 6.03. The van der Waals surface area contributed by atoms with Gasteiger partial charge in [-0.05, 0) is 39.0 Å². The Bertz CT molecular complexity index is 809. The summed E-state index contributed by atoms with van der Waals surface area (Å²) in [6.45, 7) is 5.23. The van der Waals surface area contributed by atoms with Gasteiger partial charge in [-0.2, -0.15) is 0 Å². The van der Waals surface area contributed by atoms with Crippen molar-refractivity contribution in [2.75, 3.05) is 5.32 Å². The third-order valence-corrected chi connectivity index (χ3v) is 3.62. The first-order chi connectivity index (χ1) is 12.3. The van der Waals surface area contributed by atoms with Crippen molar-refractivity contribution in [3.8, 4) is 0 Å². The number of para-hydroxylation sites is 1. The molecule has 1 atom stereocenters. The minimum Gasteiger partial charge on any atom is -0.345 e. The summed E-state index contributed by atoms with van der Waals surface area (Å²) in [6.07, 6.45) is 0. The summed E-state index contributed by atoms with van der Waals surface area (Å²) in [5.41, 5.74) is 0.735. The van der Waals surface area contributed by atoms with Crippen LogP contribution in [-0.4, -0.2) is 18.0 Å². The molecule has 0 spiro atoms. The van der Waals surface area contributed by atoms with Crippen molar-refractivity contribution in [1.29, 1.82) is 0 Å². The summed E-state index contributed by atoms with van der Waals surface area (Å²) < 4.78 is 26.9. The Labute approximate surface area is 150 Å². The minimum absolute atomic E-state index is 0.0579. The van der Waals surface area contributed by atoms with Gasteiger partial charge in [0, 0.05) is 17.7 Å². The SMILES string of the molecule is CC(C)NC(=O)Nc1ccccc1C(=O)NC(C)c1ccc(F)cc1F. The molecule has 2 aromatic carbocycles. The summed E-state index contributed by atoms with van der Waals surface area (Å²) in [4.78, 5) is 24.4. The van der Waals surface area contributed by atoms with Crippen LogP contribution in [-0.2, 0) is 0 Å². The summed E-state index contributed by atoms with van der Waals surface area (Å²) in [6, 6.07) is 8.50. The van der Waals surface area contributed by atoms with Gasteiger partial charge in [0.2, 0.25) is 0 Å². The molecule has 0 aliphatic carbocycles. The van der Waals surface area contributed by atoms with Gasteiger partial charge in [-0.25, -0.2) is 13.6 Å². The smallest absolute Gasteiger partial charge is 0.319 e. The van der Waals surface area contributed by atoms with E-state index in [4.69, 9.17) is 0 Å². The van der Waals surface area contributed by atoms with E-state index in [0.29, 0.717) is 5.69 Å². The van der Waals surface area contributed by atoms with Crippen molar-refractivity contribution in [2.45, 2.75) is 32.9 Å². The molecule has 2 rings (SSSR count). The molecule has 0 aromatic heterocycles. The van der Waals surface area contributed by atoms with Crippen LogP contribution in [0.2, 0.25) is 0 Å². The van der Waals surface area contributed by atoms with Gasteiger partial charge >= 0.3 is 6.03 Å². The molecular formula is C19H21F2N3O2. The van der Waals surface area contributed by atoms with Crippen molar-refractivity contribution in [2.24, 2.45) is 0 Å². The molecule has 3 N–H and O–H groups in total. The molecule has 26 heavy (non-hydrogen) atoms. The van der Waals surface area contributed by atoms with E-state index in [9.17, 15) is 18.4 Å². The highest BCUT2D eigenvalue weighted by Crippen LogP contribution is 2.20. The molecule has 2 aromatic rings. The number of carbonyl (C=O) groups excluding carboxylic acids is 2. The van der Waals surface area contributed by atoms with Crippen LogP contribution >= 0.6 is 0 Å². The number of carbonyl (C=O) groups is 2. The average Bonchev–Trinajstić information content (AvgIpc) is 2.54. The molecule has 0 saturated carbocycles. The Kier molecular flexibility index (Phi) is 6.27. The van der Waals surface area contributed by atoms with Crippen molar-refractivity contribution < 1.29 is 18.4 Å². The first kappa shape index (κ1) is 19.4. The monoisotopic (exact) mass is 361 g/mol. The van der Waals surface area contributed by atoms with Crippen LogP contribution in [0.1, 0.15) is 42.7 Å². The zero-order chi connectivity index (χ0) is 19.3. The Hall–Kier alpha value is -2.96. The van der Waals surface area contributed by atoms with Crippen molar-refractivity contribution in [3.05, 3.63) is 65.2 Å². The Morgan fingerprint density at radius 3 is 2.31 bits per heavy atom. The predicted molar refractivity (Wildman–Crippen MR) is 96.0 cm³/mol. The number of benzene rings is 2. The number of hydrogen-bond acceptors (Lipinski definition) is 2. The molecule has 7 heteroatoms. The molecule has 0 saturated heterocycles. The molecule has 1 unspecified atom stereocenters. The largest absolute Gasteiger partial charge is 0.345 e. The van der Waals surface area contributed by atoms with Gasteiger partial charge in [0.15, 0.2) is 0 Å². The number of nitrogens with one attached hydrogen (secondary N) is 3. The molecule has 0 bridgehead atoms. The van der Waals surface area contributed by atoms with Crippen molar-refractivity contribution in [1.82, 2.24) is 10.6 Å². The van der Waals surface area contributed by atoms with Crippen LogP contribution in [0.3, 0.4) is 0 Å². The normalized spacial score (nSPS) is 11.8. The van der Waals surface area contributed by atoms with Crippen LogP contribution in [0.25, 0.3) is 0 Å². The highest BCUT2D eigenvalue weighted by atomic mass is 19.1.